The number of halogens is 2. The molecule has 4 heterocycles. The lowest BCUT2D eigenvalue weighted by molar-refractivity contribution is 0.149. The minimum atomic E-state index is -0.630. The minimum Gasteiger partial charge on any atom is -0.326 e. The van der Waals surface area contributed by atoms with Crippen LogP contribution in [0.3, 0.4) is 0 Å². The Hall–Kier alpha value is -3.46. The van der Waals surface area contributed by atoms with E-state index in [1.54, 1.807) is 6.07 Å². The van der Waals surface area contributed by atoms with E-state index in [2.05, 4.69) is 45.1 Å². The van der Waals surface area contributed by atoms with Gasteiger partial charge in [-0.15, -0.1) is 0 Å². The molecule has 3 aromatic heterocycles. The van der Waals surface area contributed by atoms with E-state index in [4.69, 9.17) is 4.98 Å². The summed E-state index contributed by atoms with van der Waals surface area (Å²) in [6, 6.07) is 7.69. The molecule has 0 radical (unpaired) electrons. The van der Waals surface area contributed by atoms with Crippen LogP contribution in [0, 0.1) is 31.4 Å². The van der Waals surface area contributed by atoms with E-state index in [-0.39, 0.29) is 23.2 Å². The highest BCUT2D eigenvalue weighted by Gasteiger charge is 2.22. The number of hydrogen-bond acceptors (Lipinski definition) is 6. The van der Waals surface area contributed by atoms with Gasteiger partial charge in [0.25, 0.3) is 0 Å². The maximum Gasteiger partial charge on any atom is 0.229 e. The van der Waals surface area contributed by atoms with Crippen molar-refractivity contribution in [1.29, 1.82) is 0 Å². The number of nitrogens with zero attached hydrogens (tertiary/aromatic N) is 6. The average Bonchev–Trinajstić information content (AvgIpc) is 3.23. The molecule has 5 rings (SSSR count). The van der Waals surface area contributed by atoms with Crippen LogP contribution in [0.2, 0.25) is 0 Å². The molecule has 0 saturated carbocycles. The number of aryl methyl sites for hydroxylation is 2. The van der Waals surface area contributed by atoms with E-state index in [0.29, 0.717) is 34.7 Å². The molecule has 1 aliphatic heterocycles. The van der Waals surface area contributed by atoms with Crippen molar-refractivity contribution in [3.63, 3.8) is 0 Å². The molecule has 1 fully saturated rings. The third-order valence-corrected chi connectivity index (χ3v) is 7.78. The molecule has 0 unspecified atom stereocenters. The molecular weight excluding hydrogens is 496 g/mol. The predicted octanol–water partition coefficient (Wildman–Crippen LogP) is 6.77. The number of likely N-dealkylation sites (tertiary alicyclic amines) is 1. The van der Waals surface area contributed by atoms with Gasteiger partial charge < -0.3 is 14.8 Å². The summed E-state index contributed by atoms with van der Waals surface area (Å²) in [5.41, 5.74) is 3.41. The van der Waals surface area contributed by atoms with Gasteiger partial charge in [-0.2, -0.15) is 0 Å². The Labute approximate surface area is 228 Å². The van der Waals surface area contributed by atoms with Crippen molar-refractivity contribution in [2.75, 3.05) is 18.4 Å². The molecule has 1 saturated heterocycles. The fourth-order valence-electron chi connectivity index (χ4n) is 5.66. The quantitative estimate of drug-likeness (QED) is 0.283. The van der Waals surface area contributed by atoms with Gasteiger partial charge in [-0.25, -0.2) is 28.7 Å². The normalized spacial score (nSPS) is 15.1. The first-order chi connectivity index (χ1) is 18.6. The van der Waals surface area contributed by atoms with Gasteiger partial charge in [-0.1, -0.05) is 6.07 Å². The number of hydrogen-bond donors (Lipinski definition) is 1. The summed E-state index contributed by atoms with van der Waals surface area (Å²) in [4.78, 5) is 20.1. The van der Waals surface area contributed by atoms with Crippen LogP contribution in [0.15, 0.2) is 30.5 Å². The number of rotatable bonds is 7. The molecule has 0 bridgehead atoms. The second-order valence-electron chi connectivity index (χ2n) is 11.2. The van der Waals surface area contributed by atoms with Gasteiger partial charge in [0.1, 0.15) is 22.9 Å². The lowest BCUT2D eigenvalue weighted by Crippen LogP contribution is -2.38. The topological polar surface area (TPSA) is 71.8 Å². The standard InChI is InChI=1S/C30H37F2N7/c1-17(2)38-11-9-21(10-12-38)13-22-7-8-27(34-19(22)5)36-30-33-16-25(32)28(37-30)23-14-24(31)29-26(15-23)39(18(3)4)20(6)35-29/h7-8,14-18,21H,9-13H2,1-6H3,(H,33,34,36,37). The summed E-state index contributed by atoms with van der Waals surface area (Å²) in [6.07, 6.45) is 4.52. The zero-order valence-electron chi connectivity index (χ0n) is 23.6. The van der Waals surface area contributed by atoms with Crippen molar-refractivity contribution in [3.05, 3.63) is 59.2 Å². The molecule has 0 aliphatic carbocycles. The van der Waals surface area contributed by atoms with Crippen molar-refractivity contribution in [3.8, 4) is 11.3 Å². The largest absolute Gasteiger partial charge is 0.326 e. The number of benzene rings is 1. The van der Waals surface area contributed by atoms with Crippen molar-refractivity contribution in [2.45, 2.75) is 72.9 Å². The Kier molecular flexibility index (Phi) is 7.62. The number of piperidine rings is 1. The SMILES string of the molecule is Cc1nc(Nc2ncc(F)c(-c3cc(F)c4nc(C)n(C(C)C)c4c3)n2)ccc1CC1CCN(C(C)C)CC1. The van der Waals surface area contributed by atoms with Gasteiger partial charge in [-0.3, -0.25) is 0 Å². The Morgan fingerprint density at radius 2 is 1.69 bits per heavy atom. The van der Waals surface area contributed by atoms with Crippen molar-refractivity contribution >= 4 is 22.8 Å². The number of pyridine rings is 1. The van der Waals surface area contributed by atoms with Crippen molar-refractivity contribution in [2.24, 2.45) is 5.92 Å². The molecule has 7 nitrogen and oxygen atoms in total. The monoisotopic (exact) mass is 533 g/mol. The van der Waals surface area contributed by atoms with E-state index in [1.807, 2.05) is 38.3 Å². The molecule has 1 aliphatic rings. The first kappa shape index (κ1) is 27.1. The Balaban J connectivity index is 1.36. The zero-order valence-corrected chi connectivity index (χ0v) is 23.6. The van der Waals surface area contributed by atoms with Gasteiger partial charge in [0.2, 0.25) is 5.95 Å². The minimum absolute atomic E-state index is 0.0172. The average molecular weight is 534 g/mol. The molecule has 206 valence electrons. The second kappa shape index (κ2) is 11.0. The second-order valence-corrected chi connectivity index (χ2v) is 11.2. The molecular formula is C30H37F2N7. The van der Waals surface area contributed by atoms with Crippen molar-refractivity contribution in [1.82, 2.24) is 29.4 Å². The van der Waals surface area contributed by atoms with Gasteiger partial charge in [0.15, 0.2) is 11.6 Å². The third kappa shape index (κ3) is 5.64. The van der Waals surface area contributed by atoms with E-state index < -0.39 is 11.6 Å². The highest BCUT2D eigenvalue weighted by atomic mass is 19.1. The maximum atomic E-state index is 15.0. The smallest absolute Gasteiger partial charge is 0.229 e. The third-order valence-electron chi connectivity index (χ3n) is 7.78. The molecule has 9 heteroatoms. The van der Waals surface area contributed by atoms with Crippen LogP contribution < -0.4 is 5.32 Å². The summed E-state index contributed by atoms with van der Waals surface area (Å²) in [6.45, 7) is 14.7. The first-order valence-corrected chi connectivity index (χ1v) is 13.8. The highest BCUT2D eigenvalue weighted by molar-refractivity contribution is 5.83. The Morgan fingerprint density at radius 1 is 0.949 bits per heavy atom. The van der Waals surface area contributed by atoms with Crippen LogP contribution >= 0.6 is 0 Å². The van der Waals surface area contributed by atoms with Gasteiger partial charge in [0.05, 0.1) is 11.7 Å². The van der Waals surface area contributed by atoms with E-state index in [0.717, 1.165) is 31.4 Å². The van der Waals surface area contributed by atoms with Crippen LogP contribution in [-0.4, -0.2) is 48.5 Å². The fraction of sp³-hybridized carbons (Fsp3) is 0.467. The maximum absolute atomic E-state index is 15.0. The number of imidazole rings is 1. The molecule has 0 atom stereocenters. The van der Waals surface area contributed by atoms with E-state index in [9.17, 15) is 4.39 Å². The van der Waals surface area contributed by atoms with E-state index in [1.165, 1.54) is 24.5 Å². The number of nitrogens with one attached hydrogen (secondary N) is 1. The Morgan fingerprint density at radius 3 is 2.36 bits per heavy atom. The van der Waals surface area contributed by atoms with Crippen LogP contribution in [-0.2, 0) is 6.42 Å². The van der Waals surface area contributed by atoms with Crippen molar-refractivity contribution < 1.29 is 8.78 Å². The Bertz CT molecular complexity index is 1490. The van der Waals surface area contributed by atoms with Crippen LogP contribution in [0.5, 0.6) is 0 Å². The molecule has 4 aromatic rings. The van der Waals surface area contributed by atoms with Crippen LogP contribution in [0.1, 0.15) is 63.7 Å². The van der Waals surface area contributed by atoms with Crippen LogP contribution in [0.25, 0.3) is 22.3 Å². The fourth-order valence-corrected chi connectivity index (χ4v) is 5.66. The molecule has 1 N–H and O–H groups in total. The summed E-state index contributed by atoms with van der Waals surface area (Å²) in [5.74, 6) is 0.998. The summed E-state index contributed by atoms with van der Waals surface area (Å²) in [5, 5.41) is 3.10. The summed E-state index contributed by atoms with van der Waals surface area (Å²) in [7, 11) is 0. The number of anilines is 2. The summed E-state index contributed by atoms with van der Waals surface area (Å²) < 4.78 is 31.8. The molecule has 39 heavy (non-hydrogen) atoms. The number of fused-ring (bicyclic) bond motifs is 1. The van der Waals surface area contributed by atoms with Gasteiger partial charge in [-0.05, 0) is 104 Å². The highest BCUT2D eigenvalue weighted by Crippen LogP contribution is 2.31. The number of aromatic nitrogens is 5. The van der Waals surface area contributed by atoms with Gasteiger partial charge in [0, 0.05) is 23.3 Å². The molecule has 0 amide bonds. The molecule has 0 spiro atoms. The zero-order chi connectivity index (χ0) is 27.8. The summed E-state index contributed by atoms with van der Waals surface area (Å²) >= 11 is 0. The lowest BCUT2D eigenvalue weighted by atomic mass is 9.89. The predicted molar refractivity (Wildman–Crippen MR) is 151 cm³/mol. The van der Waals surface area contributed by atoms with Gasteiger partial charge >= 0.3 is 0 Å². The first-order valence-electron chi connectivity index (χ1n) is 13.8. The lowest BCUT2D eigenvalue weighted by Gasteiger charge is -2.34. The van der Waals surface area contributed by atoms with E-state index >= 15 is 4.39 Å². The van der Waals surface area contributed by atoms with Crippen LogP contribution in [0.4, 0.5) is 20.5 Å². The molecule has 1 aromatic carbocycles.